The number of aliphatic carboxylic acids is 1. The quantitative estimate of drug-likeness (QED) is 0.910. The lowest BCUT2D eigenvalue weighted by Crippen LogP contribution is -2.35. The molecule has 1 fully saturated rings. The predicted molar refractivity (Wildman–Crippen MR) is 76.8 cm³/mol. The number of methoxy groups -OCH3 is 1. The topological polar surface area (TPSA) is 83.9 Å². The highest BCUT2D eigenvalue weighted by atomic mass is 32.2. The van der Waals surface area contributed by atoms with Crippen LogP contribution in [0, 0.1) is 12.3 Å². The molecular formula is C14H19NO5S. The van der Waals surface area contributed by atoms with E-state index in [1.807, 2.05) is 0 Å². The number of carboxylic acid groups (broad SMARTS) is 1. The van der Waals surface area contributed by atoms with Crippen LogP contribution in [0.1, 0.15) is 18.9 Å². The Hall–Kier alpha value is -1.60. The highest BCUT2D eigenvalue weighted by Crippen LogP contribution is 2.36. The molecule has 116 valence electrons. The Kier molecular flexibility index (Phi) is 3.99. The minimum atomic E-state index is -3.76. The largest absolute Gasteiger partial charge is 0.495 e. The van der Waals surface area contributed by atoms with Gasteiger partial charge in [0.25, 0.3) is 0 Å². The fourth-order valence-corrected chi connectivity index (χ4v) is 4.23. The molecule has 0 bridgehead atoms. The van der Waals surface area contributed by atoms with Gasteiger partial charge in [-0.25, -0.2) is 8.42 Å². The minimum Gasteiger partial charge on any atom is -0.495 e. The van der Waals surface area contributed by atoms with Crippen LogP contribution in [0.25, 0.3) is 0 Å². The molecular weight excluding hydrogens is 294 g/mol. The van der Waals surface area contributed by atoms with Gasteiger partial charge in [-0.3, -0.25) is 4.79 Å². The van der Waals surface area contributed by atoms with Crippen LogP contribution in [0.15, 0.2) is 23.1 Å². The van der Waals surface area contributed by atoms with Gasteiger partial charge in [-0.15, -0.1) is 0 Å². The number of hydrogen-bond donors (Lipinski definition) is 1. The second-order valence-electron chi connectivity index (χ2n) is 5.61. The van der Waals surface area contributed by atoms with E-state index in [0.717, 1.165) is 5.56 Å². The first kappa shape index (κ1) is 15.8. The predicted octanol–water partition coefficient (Wildman–Crippen LogP) is 1.49. The molecule has 1 aliphatic heterocycles. The van der Waals surface area contributed by atoms with Crippen LogP contribution in [0.4, 0.5) is 0 Å². The van der Waals surface area contributed by atoms with E-state index in [4.69, 9.17) is 4.74 Å². The number of nitrogens with zero attached hydrogens (tertiary/aromatic N) is 1. The molecule has 1 heterocycles. The zero-order valence-corrected chi connectivity index (χ0v) is 13.1. The average molecular weight is 313 g/mol. The monoisotopic (exact) mass is 313 g/mol. The number of carbonyl (C=O) groups is 1. The summed E-state index contributed by atoms with van der Waals surface area (Å²) < 4.78 is 31.8. The summed E-state index contributed by atoms with van der Waals surface area (Å²) in [5.41, 5.74) is -0.237. The van der Waals surface area contributed by atoms with E-state index in [1.54, 1.807) is 32.0 Å². The molecule has 21 heavy (non-hydrogen) atoms. The van der Waals surface area contributed by atoms with Gasteiger partial charge in [-0.05, 0) is 38.0 Å². The summed E-state index contributed by atoms with van der Waals surface area (Å²) in [5, 5.41) is 9.23. The summed E-state index contributed by atoms with van der Waals surface area (Å²) in [4.78, 5) is 11.3. The molecule has 0 amide bonds. The highest BCUT2D eigenvalue weighted by molar-refractivity contribution is 7.89. The van der Waals surface area contributed by atoms with E-state index in [2.05, 4.69) is 0 Å². The summed E-state index contributed by atoms with van der Waals surface area (Å²) in [5.74, 6) is -0.707. The van der Waals surface area contributed by atoms with Gasteiger partial charge in [0.1, 0.15) is 10.6 Å². The standard InChI is InChI=1S/C14H19NO5S/c1-10-4-5-11(20-3)12(8-10)21(18,19)15-7-6-14(2,9-15)13(16)17/h4-5,8H,6-7,9H2,1-3H3,(H,16,17). The van der Waals surface area contributed by atoms with Gasteiger partial charge in [0.15, 0.2) is 0 Å². The highest BCUT2D eigenvalue weighted by Gasteiger charge is 2.45. The molecule has 1 aromatic rings. The van der Waals surface area contributed by atoms with Crippen LogP contribution in [-0.4, -0.2) is 44.0 Å². The van der Waals surface area contributed by atoms with Crippen LogP contribution < -0.4 is 4.74 Å². The number of carboxylic acids is 1. The second-order valence-corrected chi connectivity index (χ2v) is 7.52. The van der Waals surface area contributed by atoms with E-state index < -0.39 is 21.4 Å². The van der Waals surface area contributed by atoms with Gasteiger partial charge in [0.2, 0.25) is 10.0 Å². The van der Waals surface area contributed by atoms with E-state index >= 15 is 0 Å². The molecule has 0 aliphatic carbocycles. The van der Waals surface area contributed by atoms with Gasteiger partial charge in [-0.2, -0.15) is 4.31 Å². The fourth-order valence-electron chi connectivity index (χ4n) is 2.42. The van der Waals surface area contributed by atoms with Crippen molar-refractivity contribution in [2.24, 2.45) is 5.41 Å². The van der Waals surface area contributed by atoms with Crippen molar-refractivity contribution in [2.45, 2.75) is 25.2 Å². The van der Waals surface area contributed by atoms with E-state index in [9.17, 15) is 18.3 Å². The normalized spacial score (nSPS) is 23.2. The molecule has 7 heteroatoms. The molecule has 6 nitrogen and oxygen atoms in total. The maximum Gasteiger partial charge on any atom is 0.310 e. The van der Waals surface area contributed by atoms with E-state index in [0.29, 0.717) is 6.42 Å². The maximum atomic E-state index is 12.7. The number of sulfonamides is 1. The number of hydrogen-bond acceptors (Lipinski definition) is 4. The van der Waals surface area contributed by atoms with Gasteiger partial charge in [0.05, 0.1) is 12.5 Å². The molecule has 0 spiro atoms. The van der Waals surface area contributed by atoms with Crippen molar-refractivity contribution < 1.29 is 23.1 Å². The first-order valence-electron chi connectivity index (χ1n) is 6.59. The summed E-state index contributed by atoms with van der Waals surface area (Å²) in [6.07, 6.45) is 0.301. The Morgan fingerprint density at radius 3 is 2.62 bits per heavy atom. The van der Waals surface area contributed by atoms with Gasteiger partial charge >= 0.3 is 5.97 Å². The Labute approximate surface area is 124 Å². The van der Waals surface area contributed by atoms with E-state index in [-0.39, 0.29) is 23.7 Å². The molecule has 2 rings (SSSR count). The maximum absolute atomic E-state index is 12.7. The molecule has 1 atom stereocenters. The van der Waals surface area contributed by atoms with Gasteiger partial charge < -0.3 is 9.84 Å². The third-order valence-electron chi connectivity index (χ3n) is 3.89. The van der Waals surface area contributed by atoms with Crippen LogP contribution in [-0.2, 0) is 14.8 Å². The fraction of sp³-hybridized carbons (Fsp3) is 0.500. The van der Waals surface area contributed by atoms with Crippen LogP contribution >= 0.6 is 0 Å². The molecule has 1 unspecified atom stereocenters. The molecule has 1 N–H and O–H groups in total. The Balaban J connectivity index is 2.41. The van der Waals surface area contributed by atoms with E-state index in [1.165, 1.54) is 11.4 Å². The minimum absolute atomic E-state index is 0.0260. The first-order chi connectivity index (χ1) is 9.70. The molecule has 0 radical (unpaired) electrons. The zero-order chi connectivity index (χ0) is 15.8. The van der Waals surface area contributed by atoms with Crippen molar-refractivity contribution in [3.05, 3.63) is 23.8 Å². The zero-order valence-electron chi connectivity index (χ0n) is 12.3. The number of rotatable bonds is 4. The molecule has 1 aromatic carbocycles. The SMILES string of the molecule is COc1ccc(C)cc1S(=O)(=O)N1CCC(C)(C(=O)O)C1. The number of ether oxygens (including phenoxy) is 1. The van der Waals surface area contributed by atoms with Crippen molar-refractivity contribution in [1.82, 2.24) is 4.31 Å². The third kappa shape index (κ3) is 2.75. The third-order valence-corrected chi connectivity index (χ3v) is 5.76. The summed E-state index contributed by atoms with van der Waals surface area (Å²) in [6.45, 7) is 3.53. The lowest BCUT2D eigenvalue weighted by molar-refractivity contribution is -0.146. The molecule has 0 saturated carbocycles. The van der Waals surface area contributed by atoms with Crippen LogP contribution in [0.5, 0.6) is 5.75 Å². The summed E-state index contributed by atoms with van der Waals surface area (Å²) in [7, 11) is -2.35. The number of benzene rings is 1. The average Bonchev–Trinajstić information content (AvgIpc) is 2.83. The molecule has 1 saturated heterocycles. The van der Waals surface area contributed by atoms with Crippen molar-refractivity contribution in [3.63, 3.8) is 0 Å². The molecule has 1 aliphatic rings. The lowest BCUT2D eigenvalue weighted by atomic mass is 9.90. The first-order valence-corrected chi connectivity index (χ1v) is 8.03. The van der Waals surface area contributed by atoms with Crippen molar-refractivity contribution >= 4 is 16.0 Å². The Morgan fingerprint density at radius 2 is 2.10 bits per heavy atom. The summed E-state index contributed by atoms with van der Waals surface area (Å²) >= 11 is 0. The lowest BCUT2D eigenvalue weighted by Gasteiger charge is -2.21. The Bertz CT molecular complexity index is 670. The number of aryl methyl sites for hydroxylation is 1. The molecule has 0 aromatic heterocycles. The van der Waals surface area contributed by atoms with Crippen LogP contribution in [0.3, 0.4) is 0 Å². The smallest absolute Gasteiger partial charge is 0.310 e. The van der Waals surface area contributed by atoms with Crippen molar-refractivity contribution in [1.29, 1.82) is 0 Å². The summed E-state index contributed by atoms with van der Waals surface area (Å²) in [6, 6.07) is 4.92. The van der Waals surface area contributed by atoms with Gasteiger partial charge in [0, 0.05) is 13.1 Å². The van der Waals surface area contributed by atoms with Crippen molar-refractivity contribution in [3.8, 4) is 5.75 Å². The second kappa shape index (κ2) is 5.31. The Morgan fingerprint density at radius 1 is 1.43 bits per heavy atom. The van der Waals surface area contributed by atoms with Crippen LogP contribution in [0.2, 0.25) is 0 Å². The van der Waals surface area contributed by atoms with Gasteiger partial charge in [-0.1, -0.05) is 6.07 Å². The van der Waals surface area contributed by atoms with Crippen molar-refractivity contribution in [2.75, 3.05) is 20.2 Å².